The average molecular weight is 218 g/mol. The van der Waals surface area contributed by atoms with Gasteiger partial charge in [0.2, 0.25) is 0 Å². The minimum absolute atomic E-state index is 0.811. The SMILES string of the molecule is Cc1cc(N2CCC[C@@H](C)C2)c(C)cc1N. The van der Waals surface area contributed by atoms with Crippen molar-refractivity contribution in [3.05, 3.63) is 23.3 Å². The summed E-state index contributed by atoms with van der Waals surface area (Å²) in [4.78, 5) is 2.51. The van der Waals surface area contributed by atoms with Crippen LogP contribution in [-0.2, 0) is 0 Å². The van der Waals surface area contributed by atoms with Crippen LogP contribution in [0.15, 0.2) is 12.1 Å². The molecule has 2 nitrogen and oxygen atoms in total. The number of nitrogens with zero attached hydrogens (tertiary/aromatic N) is 1. The lowest BCUT2D eigenvalue weighted by molar-refractivity contribution is 0.446. The second kappa shape index (κ2) is 4.36. The molecule has 0 saturated carbocycles. The summed E-state index contributed by atoms with van der Waals surface area (Å²) < 4.78 is 0. The third kappa shape index (κ3) is 2.16. The number of benzene rings is 1. The molecule has 0 radical (unpaired) electrons. The smallest absolute Gasteiger partial charge is 0.0400 e. The predicted molar refractivity (Wildman–Crippen MR) is 70.9 cm³/mol. The fourth-order valence-electron chi connectivity index (χ4n) is 2.57. The van der Waals surface area contributed by atoms with Gasteiger partial charge in [-0.15, -0.1) is 0 Å². The van der Waals surface area contributed by atoms with Gasteiger partial charge in [-0.05, 0) is 55.9 Å². The number of piperidine rings is 1. The quantitative estimate of drug-likeness (QED) is 0.734. The lowest BCUT2D eigenvalue weighted by Crippen LogP contribution is -2.34. The van der Waals surface area contributed by atoms with Gasteiger partial charge in [0.05, 0.1) is 0 Å². The number of hydrogen-bond acceptors (Lipinski definition) is 2. The molecule has 1 aliphatic heterocycles. The molecule has 2 heteroatoms. The van der Waals surface area contributed by atoms with E-state index in [1.807, 2.05) is 0 Å². The second-order valence-corrected chi connectivity index (χ2v) is 5.19. The van der Waals surface area contributed by atoms with Gasteiger partial charge in [-0.1, -0.05) is 6.92 Å². The molecular formula is C14H22N2. The summed E-state index contributed by atoms with van der Waals surface area (Å²) in [6, 6.07) is 4.34. The zero-order valence-electron chi connectivity index (χ0n) is 10.6. The molecule has 1 aliphatic rings. The summed E-state index contributed by atoms with van der Waals surface area (Å²) in [7, 11) is 0. The third-order valence-electron chi connectivity index (χ3n) is 3.58. The fourth-order valence-corrected chi connectivity index (χ4v) is 2.57. The van der Waals surface area contributed by atoms with Crippen molar-refractivity contribution < 1.29 is 0 Å². The summed E-state index contributed by atoms with van der Waals surface area (Å²) in [5, 5.41) is 0. The van der Waals surface area contributed by atoms with Crippen LogP contribution in [-0.4, -0.2) is 13.1 Å². The van der Waals surface area contributed by atoms with Gasteiger partial charge in [-0.2, -0.15) is 0 Å². The van der Waals surface area contributed by atoms with Gasteiger partial charge in [-0.25, -0.2) is 0 Å². The molecule has 0 spiro atoms. The number of rotatable bonds is 1. The van der Waals surface area contributed by atoms with E-state index in [1.165, 1.54) is 42.7 Å². The van der Waals surface area contributed by atoms with Crippen molar-refractivity contribution in [2.45, 2.75) is 33.6 Å². The Kier molecular flexibility index (Phi) is 3.08. The van der Waals surface area contributed by atoms with Crippen molar-refractivity contribution in [2.24, 2.45) is 5.92 Å². The fraction of sp³-hybridized carbons (Fsp3) is 0.571. The van der Waals surface area contributed by atoms with Crippen LogP contribution in [0.1, 0.15) is 30.9 Å². The summed E-state index contributed by atoms with van der Waals surface area (Å²) in [6.07, 6.45) is 2.67. The first-order valence-electron chi connectivity index (χ1n) is 6.19. The normalized spacial score (nSPS) is 21.2. The van der Waals surface area contributed by atoms with Crippen molar-refractivity contribution in [1.29, 1.82) is 0 Å². The zero-order chi connectivity index (χ0) is 11.7. The standard InChI is InChI=1S/C14H22N2/c1-10-5-4-6-16(9-10)14-8-11(2)13(15)7-12(14)3/h7-8,10H,4-6,9,15H2,1-3H3/t10-/m1/s1. The molecular weight excluding hydrogens is 196 g/mol. The Morgan fingerprint density at radius 2 is 2.00 bits per heavy atom. The predicted octanol–water partition coefficient (Wildman–Crippen LogP) is 3.12. The van der Waals surface area contributed by atoms with Crippen LogP contribution in [0.4, 0.5) is 11.4 Å². The molecule has 2 rings (SSSR count). The first-order chi connectivity index (χ1) is 7.58. The van der Waals surface area contributed by atoms with E-state index in [-0.39, 0.29) is 0 Å². The molecule has 0 bridgehead atoms. The van der Waals surface area contributed by atoms with Gasteiger partial charge in [-0.3, -0.25) is 0 Å². The molecule has 16 heavy (non-hydrogen) atoms. The Bertz CT molecular complexity index is 385. The van der Waals surface area contributed by atoms with Crippen molar-refractivity contribution in [1.82, 2.24) is 0 Å². The number of anilines is 2. The Hall–Kier alpha value is -1.18. The van der Waals surface area contributed by atoms with Crippen LogP contribution in [0, 0.1) is 19.8 Å². The van der Waals surface area contributed by atoms with E-state index in [0.717, 1.165) is 11.6 Å². The maximum Gasteiger partial charge on any atom is 0.0400 e. The van der Waals surface area contributed by atoms with E-state index in [0.29, 0.717) is 0 Å². The highest BCUT2D eigenvalue weighted by Crippen LogP contribution is 2.29. The maximum atomic E-state index is 5.93. The van der Waals surface area contributed by atoms with Crippen LogP contribution in [0.2, 0.25) is 0 Å². The Morgan fingerprint density at radius 1 is 1.25 bits per heavy atom. The first kappa shape index (κ1) is 11.3. The molecule has 0 unspecified atom stereocenters. The minimum atomic E-state index is 0.811. The Balaban J connectivity index is 2.29. The van der Waals surface area contributed by atoms with E-state index >= 15 is 0 Å². The molecule has 0 aromatic heterocycles. The summed E-state index contributed by atoms with van der Waals surface area (Å²) in [6.45, 7) is 8.96. The van der Waals surface area contributed by atoms with Crippen LogP contribution >= 0.6 is 0 Å². The second-order valence-electron chi connectivity index (χ2n) is 5.19. The highest BCUT2D eigenvalue weighted by atomic mass is 15.1. The largest absolute Gasteiger partial charge is 0.399 e. The van der Waals surface area contributed by atoms with Gasteiger partial charge < -0.3 is 10.6 Å². The van der Waals surface area contributed by atoms with Crippen LogP contribution in [0.5, 0.6) is 0 Å². The number of nitrogen functional groups attached to an aromatic ring is 1. The summed E-state index contributed by atoms with van der Waals surface area (Å²) in [5.74, 6) is 0.811. The van der Waals surface area contributed by atoms with Gasteiger partial charge in [0.25, 0.3) is 0 Å². The third-order valence-corrected chi connectivity index (χ3v) is 3.58. The lowest BCUT2D eigenvalue weighted by Gasteiger charge is -2.34. The molecule has 1 aromatic rings. The van der Waals surface area contributed by atoms with E-state index in [9.17, 15) is 0 Å². The summed E-state index contributed by atoms with van der Waals surface area (Å²) in [5.41, 5.74) is 10.7. The van der Waals surface area contributed by atoms with Gasteiger partial charge in [0.15, 0.2) is 0 Å². The molecule has 2 N–H and O–H groups in total. The zero-order valence-corrected chi connectivity index (χ0v) is 10.6. The van der Waals surface area contributed by atoms with Crippen molar-refractivity contribution in [3.8, 4) is 0 Å². The van der Waals surface area contributed by atoms with Crippen LogP contribution in [0.3, 0.4) is 0 Å². The molecule has 1 fully saturated rings. The van der Waals surface area contributed by atoms with Crippen molar-refractivity contribution in [2.75, 3.05) is 23.7 Å². The molecule has 1 heterocycles. The van der Waals surface area contributed by atoms with Crippen molar-refractivity contribution in [3.63, 3.8) is 0 Å². The highest BCUT2D eigenvalue weighted by Gasteiger charge is 2.18. The lowest BCUT2D eigenvalue weighted by atomic mass is 9.98. The number of aryl methyl sites for hydroxylation is 2. The van der Waals surface area contributed by atoms with Gasteiger partial charge >= 0.3 is 0 Å². The van der Waals surface area contributed by atoms with E-state index in [1.54, 1.807) is 0 Å². The number of nitrogens with two attached hydrogens (primary N) is 1. The van der Waals surface area contributed by atoms with Crippen molar-refractivity contribution >= 4 is 11.4 Å². The van der Waals surface area contributed by atoms with Crippen LogP contribution in [0.25, 0.3) is 0 Å². The molecule has 1 aromatic carbocycles. The molecule has 0 aliphatic carbocycles. The van der Waals surface area contributed by atoms with E-state index < -0.39 is 0 Å². The maximum absolute atomic E-state index is 5.93. The van der Waals surface area contributed by atoms with E-state index in [4.69, 9.17) is 5.73 Å². The average Bonchev–Trinajstić information content (AvgIpc) is 2.23. The number of hydrogen-bond donors (Lipinski definition) is 1. The molecule has 1 atom stereocenters. The molecule has 1 saturated heterocycles. The monoisotopic (exact) mass is 218 g/mol. The first-order valence-corrected chi connectivity index (χ1v) is 6.19. The van der Waals surface area contributed by atoms with Crippen LogP contribution < -0.4 is 10.6 Å². The van der Waals surface area contributed by atoms with Gasteiger partial charge in [0, 0.05) is 24.5 Å². The minimum Gasteiger partial charge on any atom is -0.399 e. The molecule has 0 amide bonds. The molecule has 88 valence electrons. The highest BCUT2D eigenvalue weighted by molar-refractivity contribution is 5.63. The summed E-state index contributed by atoms with van der Waals surface area (Å²) >= 11 is 0. The Labute approximate surface area is 98.4 Å². The van der Waals surface area contributed by atoms with E-state index in [2.05, 4.69) is 37.8 Å². The topological polar surface area (TPSA) is 29.3 Å². The van der Waals surface area contributed by atoms with Gasteiger partial charge in [0.1, 0.15) is 0 Å². The Morgan fingerprint density at radius 3 is 2.69 bits per heavy atom.